The molecule has 2 amide bonds. The second-order valence-electron chi connectivity index (χ2n) is 7.12. The van der Waals surface area contributed by atoms with E-state index in [1.165, 1.54) is 0 Å². The highest BCUT2D eigenvalue weighted by Gasteiger charge is 2.47. The van der Waals surface area contributed by atoms with Crippen LogP contribution in [0.1, 0.15) is 21.8 Å². The van der Waals surface area contributed by atoms with Crippen LogP contribution in [-0.4, -0.2) is 53.8 Å². The molecule has 0 bridgehead atoms. The van der Waals surface area contributed by atoms with Crippen molar-refractivity contribution < 1.29 is 9.59 Å². The Labute approximate surface area is 153 Å². The number of fused-ring (bicyclic) bond motifs is 1. The third-order valence-corrected chi connectivity index (χ3v) is 5.67. The van der Waals surface area contributed by atoms with Gasteiger partial charge in [0.2, 0.25) is 5.91 Å². The zero-order valence-corrected chi connectivity index (χ0v) is 14.6. The molecule has 2 aromatic rings. The SMILES string of the molecule is NC(=O)[C@@H]1CN2CCN(C(=O)c3ccccc3)C[C@@H]2[C@H]1c1ccccc1. The van der Waals surface area contributed by atoms with E-state index < -0.39 is 0 Å². The minimum atomic E-state index is -0.255. The molecule has 0 aliphatic carbocycles. The van der Waals surface area contributed by atoms with Gasteiger partial charge in [0.1, 0.15) is 0 Å². The van der Waals surface area contributed by atoms with Gasteiger partial charge in [0.25, 0.3) is 5.91 Å². The van der Waals surface area contributed by atoms with Gasteiger partial charge in [-0.2, -0.15) is 0 Å². The average Bonchev–Trinajstić information content (AvgIpc) is 3.08. The zero-order chi connectivity index (χ0) is 18.1. The Bertz CT molecular complexity index is 793. The van der Waals surface area contributed by atoms with Crippen molar-refractivity contribution in [1.29, 1.82) is 0 Å². The maximum absolute atomic E-state index is 12.9. The normalized spacial score (nSPS) is 25.7. The lowest BCUT2D eigenvalue weighted by atomic mass is 9.83. The van der Waals surface area contributed by atoms with Crippen molar-refractivity contribution in [3.63, 3.8) is 0 Å². The first-order valence-electron chi connectivity index (χ1n) is 9.08. The molecule has 0 aromatic heterocycles. The smallest absolute Gasteiger partial charge is 0.253 e. The molecule has 4 rings (SSSR count). The molecule has 2 N–H and O–H groups in total. The van der Waals surface area contributed by atoms with Crippen LogP contribution in [-0.2, 0) is 4.79 Å². The Balaban J connectivity index is 1.61. The van der Waals surface area contributed by atoms with Crippen LogP contribution in [0.25, 0.3) is 0 Å². The van der Waals surface area contributed by atoms with E-state index in [0.717, 1.165) is 12.1 Å². The topological polar surface area (TPSA) is 66.6 Å². The number of benzene rings is 2. The van der Waals surface area contributed by atoms with Crippen molar-refractivity contribution >= 4 is 11.8 Å². The summed E-state index contributed by atoms with van der Waals surface area (Å²) in [5, 5.41) is 0. The minimum Gasteiger partial charge on any atom is -0.369 e. The predicted molar refractivity (Wildman–Crippen MR) is 99.6 cm³/mol. The molecule has 2 heterocycles. The molecule has 2 aliphatic heterocycles. The number of nitrogens with two attached hydrogens (primary N) is 1. The van der Waals surface area contributed by atoms with E-state index in [1.807, 2.05) is 53.4 Å². The molecule has 0 saturated carbocycles. The third kappa shape index (κ3) is 2.99. The van der Waals surface area contributed by atoms with Crippen LogP contribution in [0.3, 0.4) is 0 Å². The Morgan fingerprint density at radius 1 is 0.885 bits per heavy atom. The van der Waals surface area contributed by atoms with E-state index in [1.54, 1.807) is 0 Å². The molecular weight excluding hydrogens is 326 g/mol. The summed E-state index contributed by atoms with van der Waals surface area (Å²) in [6, 6.07) is 19.6. The molecule has 2 aromatic carbocycles. The molecular formula is C21H23N3O2. The lowest BCUT2D eigenvalue weighted by Gasteiger charge is -2.39. The van der Waals surface area contributed by atoms with Crippen LogP contribution >= 0.6 is 0 Å². The Hall–Kier alpha value is -2.66. The van der Waals surface area contributed by atoms with Gasteiger partial charge in [0, 0.05) is 43.7 Å². The van der Waals surface area contributed by atoms with E-state index in [-0.39, 0.29) is 29.7 Å². The second kappa shape index (κ2) is 6.92. The molecule has 0 radical (unpaired) electrons. The highest BCUT2D eigenvalue weighted by Crippen LogP contribution is 2.39. The largest absolute Gasteiger partial charge is 0.369 e. The molecule has 134 valence electrons. The van der Waals surface area contributed by atoms with Crippen molar-refractivity contribution in [1.82, 2.24) is 9.80 Å². The standard InChI is InChI=1S/C21H23N3O2/c22-20(25)17-13-23-11-12-24(21(26)16-9-5-2-6-10-16)14-18(23)19(17)15-7-3-1-4-8-15/h1-10,17-19H,11-14H2,(H2,22,25)/t17-,18-,19+/m1/s1. The average molecular weight is 349 g/mol. The summed E-state index contributed by atoms with van der Waals surface area (Å²) < 4.78 is 0. The Morgan fingerprint density at radius 2 is 1.54 bits per heavy atom. The van der Waals surface area contributed by atoms with Crippen molar-refractivity contribution in [2.45, 2.75) is 12.0 Å². The minimum absolute atomic E-state index is 0.0278. The molecule has 5 heteroatoms. The fourth-order valence-electron chi connectivity index (χ4n) is 4.39. The van der Waals surface area contributed by atoms with Crippen LogP contribution in [0.15, 0.2) is 60.7 Å². The number of piperazine rings is 1. The molecule has 5 nitrogen and oxygen atoms in total. The van der Waals surface area contributed by atoms with Gasteiger partial charge in [-0.25, -0.2) is 0 Å². The molecule has 2 saturated heterocycles. The molecule has 2 aliphatic rings. The summed E-state index contributed by atoms with van der Waals surface area (Å²) in [7, 11) is 0. The number of rotatable bonds is 3. The molecule has 0 spiro atoms. The van der Waals surface area contributed by atoms with E-state index in [2.05, 4.69) is 17.0 Å². The maximum atomic E-state index is 12.9. The van der Waals surface area contributed by atoms with Crippen LogP contribution in [0.4, 0.5) is 0 Å². The number of hydrogen-bond donors (Lipinski definition) is 1. The number of amides is 2. The quantitative estimate of drug-likeness (QED) is 0.917. The monoisotopic (exact) mass is 349 g/mol. The summed E-state index contributed by atoms with van der Waals surface area (Å²) >= 11 is 0. The van der Waals surface area contributed by atoms with E-state index in [9.17, 15) is 9.59 Å². The second-order valence-corrected chi connectivity index (χ2v) is 7.12. The van der Waals surface area contributed by atoms with Crippen molar-refractivity contribution in [2.75, 3.05) is 26.2 Å². The van der Waals surface area contributed by atoms with Crippen LogP contribution in [0.5, 0.6) is 0 Å². The first kappa shape index (κ1) is 16.8. The molecule has 26 heavy (non-hydrogen) atoms. The first-order valence-corrected chi connectivity index (χ1v) is 9.08. The third-order valence-electron chi connectivity index (χ3n) is 5.67. The predicted octanol–water partition coefficient (Wildman–Crippen LogP) is 1.71. The maximum Gasteiger partial charge on any atom is 0.253 e. The van der Waals surface area contributed by atoms with Crippen LogP contribution in [0.2, 0.25) is 0 Å². The summed E-state index contributed by atoms with van der Waals surface area (Å²) in [6.07, 6.45) is 0. The van der Waals surface area contributed by atoms with Crippen molar-refractivity contribution in [3.05, 3.63) is 71.8 Å². The zero-order valence-electron chi connectivity index (χ0n) is 14.6. The Kier molecular flexibility index (Phi) is 4.47. The number of carbonyl (C=O) groups is 2. The van der Waals surface area contributed by atoms with Crippen LogP contribution in [0, 0.1) is 5.92 Å². The Morgan fingerprint density at radius 3 is 2.19 bits per heavy atom. The summed E-state index contributed by atoms with van der Waals surface area (Å²) in [5.74, 6) is -0.386. The summed E-state index contributed by atoms with van der Waals surface area (Å²) in [6.45, 7) is 2.75. The van der Waals surface area contributed by atoms with Crippen molar-refractivity contribution in [3.8, 4) is 0 Å². The number of primary amides is 1. The van der Waals surface area contributed by atoms with Crippen molar-refractivity contribution in [2.24, 2.45) is 11.7 Å². The molecule has 3 atom stereocenters. The lowest BCUT2D eigenvalue weighted by Crippen LogP contribution is -2.53. The van der Waals surface area contributed by atoms with Gasteiger partial charge in [0.05, 0.1) is 5.92 Å². The fraction of sp³-hybridized carbons (Fsp3) is 0.333. The summed E-state index contributed by atoms with van der Waals surface area (Å²) in [4.78, 5) is 29.2. The number of hydrogen-bond acceptors (Lipinski definition) is 3. The van der Waals surface area contributed by atoms with Gasteiger partial charge >= 0.3 is 0 Å². The molecule has 0 unspecified atom stereocenters. The van der Waals surface area contributed by atoms with Gasteiger partial charge < -0.3 is 10.6 Å². The van der Waals surface area contributed by atoms with E-state index in [0.29, 0.717) is 25.2 Å². The van der Waals surface area contributed by atoms with Gasteiger partial charge in [-0.1, -0.05) is 48.5 Å². The van der Waals surface area contributed by atoms with Crippen LogP contribution < -0.4 is 5.73 Å². The summed E-state index contributed by atoms with van der Waals surface area (Å²) in [5.41, 5.74) is 7.55. The van der Waals surface area contributed by atoms with Gasteiger partial charge in [0.15, 0.2) is 0 Å². The first-order chi connectivity index (χ1) is 12.6. The lowest BCUT2D eigenvalue weighted by molar-refractivity contribution is -0.121. The van der Waals surface area contributed by atoms with Gasteiger partial charge in [-0.05, 0) is 17.7 Å². The molecule has 2 fully saturated rings. The van der Waals surface area contributed by atoms with Gasteiger partial charge in [-0.15, -0.1) is 0 Å². The highest BCUT2D eigenvalue weighted by atomic mass is 16.2. The highest BCUT2D eigenvalue weighted by molar-refractivity contribution is 5.94. The van der Waals surface area contributed by atoms with E-state index in [4.69, 9.17) is 5.73 Å². The number of carbonyl (C=O) groups excluding carboxylic acids is 2. The number of nitrogens with zero attached hydrogens (tertiary/aromatic N) is 2. The fourth-order valence-corrected chi connectivity index (χ4v) is 4.39. The van der Waals surface area contributed by atoms with Gasteiger partial charge in [-0.3, -0.25) is 14.5 Å². The van der Waals surface area contributed by atoms with E-state index >= 15 is 0 Å².